The van der Waals surface area contributed by atoms with Crippen LogP contribution in [0.25, 0.3) is 5.69 Å². The average molecular weight is 523 g/mol. The van der Waals surface area contributed by atoms with Crippen LogP contribution < -0.4 is 14.8 Å². The molecule has 0 aliphatic rings. The van der Waals surface area contributed by atoms with Crippen LogP contribution in [0.3, 0.4) is 0 Å². The van der Waals surface area contributed by atoms with E-state index in [1.54, 1.807) is 31.4 Å². The van der Waals surface area contributed by atoms with Crippen LogP contribution in [-0.4, -0.2) is 33.5 Å². The molecule has 0 saturated carbocycles. The van der Waals surface area contributed by atoms with Gasteiger partial charge in [-0.1, -0.05) is 55.4 Å². The molecule has 7 nitrogen and oxygen atoms in total. The van der Waals surface area contributed by atoms with Gasteiger partial charge in [-0.25, -0.2) is 0 Å². The van der Waals surface area contributed by atoms with E-state index in [-0.39, 0.29) is 18.3 Å². The molecule has 9 heteroatoms. The van der Waals surface area contributed by atoms with Gasteiger partial charge in [0.2, 0.25) is 5.91 Å². The van der Waals surface area contributed by atoms with E-state index < -0.39 is 0 Å². The minimum Gasteiger partial charge on any atom is -0.497 e. The number of rotatable bonds is 10. The first-order valence-corrected chi connectivity index (χ1v) is 12.8. The summed E-state index contributed by atoms with van der Waals surface area (Å²) in [6, 6.07) is 22.5. The molecular weight excluding hydrogens is 496 g/mol. The minimum absolute atomic E-state index is 0.114. The Hall–Kier alpha value is -3.49. The molecule has 0 bridgehead atoms. The fourth-order valence-corrected chi connectivity index (χ4v) is 4.48. The van der Waals surface area contributed by atoms with Crippen molar-refractivity contribution in [3.05, 3.63) is 89.2 Å². The number of methoxy groups -OCH3 is 1. The van der Waals surface area contributed by atoms with Crippen LogP contribution in [0.5, 0.6) is 11.5 Å². The number of amides is 1. The van der Waals surface area contributed by atoms with E-state index in [1.807, 2.05) is 53.1 Å². The van der Waals surface area contributed by atoms with E-state index in [0.29, 0.717) is 27.7 Å². The van der Waals surface area contributed by atoms with Gasteiger partial charge in [0, 0.05) is 16.4 Å². The predicted octanol–water partition coefficient (Wildman–Crippen LogP) is 6.36. The van der Waals surface area contributed by atoms with Gasteiger partial charge in [-0.3, -0.25) is 9.36 Å². The maximum Gasteiger partial charge on any atom is 0.234 e. The number of thioether (sulfide) groups is 1. The highest BCUT2D eigenvalue weighted by atomic mass is 35.5. The second-order valence-corrected chi connectivity index (χ2v) is 9.63. The molecule has 0 aliphatic carbocycles. The Kier molecular flexibility index (Phi) is 8.51. The first-order chi connectivity index (χ1) is 17.4. The normalized spacial score (nSPS) is 10.9. The summed E-state index contributed by atoms with van der Waals surface area (Å²) in [4.78, 5) is 12.8. The number of para-hydroxylation sites is 1. The molecule has 0 saturated heterocycles. The summed E-state index contributed by atoms with van der Waals surface area (Å²) in [6.45, 7) is 4.39. The van der Waals surface area contributed by atoms with Crippen LogP contribution in [0.15, 0.2) is 78.0 Å². The Morgan fingerprint density at radius 3 is 2.39 bits per heavy atom. The van der Waals surface area contributed by atoms with Gasteiger partial charge in [-0.2, -0.15) is 0 Å². The SMILES string of the molecule is COc1ccc(-n2c(COc3ccc(Cl)cc3)nnc2SCC(=O)Nc2ccccc2C(C)C)cc1. The standard InChI is InChI=1S/C27H27ClN4O3S/c1-18(2)23-6-4-5-7-24(23)29-26(33)17-36-27-31-30-25(16-35-22-12-8-19(28)9-13-22)32(27)20-10-14-21(34-3)15-11-20/h4-15,18H,16-17H2,1-3H3,(H,29,33). The van der Waals surface area contributed by atoms with Gasteiger partial charge in [0.05, 0.1) is 12.9 Å². The van der Waals surface area contributed by atoms with Gasteiger partial charge in [0.25, 0.3) is 0 Å². The monoisotopic (exact) mass is 522 g/mol. The molecule has 0 aliphatic heterocycles. The number of benzene rings is 3. The quantitative estimate of drug-likeness (QED) is 0.244. The lowest BCUT2D eigenvalue weighted by molar-refractivity contribution is -0.113. The average Bonchev–Trinajstić information content (AvgIpc) is 3.30. The summed E-state index contributed by atoms with van der Waals surface area (Å²) in [5.41, 5.74) is 2.76. The number of nitrogens with zero attached hydrogens (tertiary/aromatic N) is 3. The van der Waals surface area contributed by atoms with Crippen molar-refractivity contribution in [3.8, 4) is 17.2 Å². The summed E-state index contributed by atoms with van der Waals surface area (Å²) >= 11 is 7.28. The maximum absolute atomic E-state index is 12.8. The third-order valence-corrected chi connectivity index (χ3v) is 6.58. The van der Waals surface area contributed by atoms with Crippen LogP contribution in [0.2, 0.25) is 5.02 Å². The number of carbonyl (C=O) groups is 1. The van der Waals surface area contributed by atoms with Crippen molar-refractivity contribution in [3.63, 3.8) is 0 Å². The fraction of sp³-hybridized carbons (Fsp3) is 0.222. The third kappa shape index (κ3) is 6.38. The Morgan fingerprint density at radius 2 is 1.69 bits per heavy atom. The molecule has 0 atom stereocenters. The Labute approximate surface area is 219 Å². The first-order valence-electron chi connectivity index (χ1n) is 11.4. The maximum atomic E-state index is 12.8. The Morgan fingerprint density at radius 1 is 1.00 bits per heavy atom. The molecule has 1 aromatic heterocycles. The number of hydrogen-bond donors (Lipinski definition) is 1. The Balaban J connectivity index is 1.52. The van der Waals surface area contributed by atoms with Crippen molar-refractivity contribution >= 4 is 35.0 Å². The second-order valence-electron chi connectivity index (χ2n) is 8.25. The molecule has 186 valence electrons. The highest BCUT2D eigenvalue weighted by Crippen LogP contribution is 2.27. The summed E-state index contributed by atoms with van der Waals surface area (Å²) in [5, 5.41) is 12.9. The van der Waals surface area contributed by atoms with Crippen molar-refractivity contribution in [2.24, 2.45) is 0 Å². The summed E-state index contributed by atoms with van der Waals surface area (Å²) in [7, 11) is 1.62. The van der Waals surface area contributed by atoms with Crippen LogP contribution in [0, 0.1) is 0 Å². The predicted molar refractivity (Wildman–Crippen MR) is 144 cm³/mol. The molecular formula is C27H27ClN4O3S. The highest BCUT2D eigenvalue weighted by molar-refractivity contribution is 7.99. The van der Waals surface area contributed by atoms with Gasteiger partial charge in [-0.05, 0) is 66.1 Å². The molecule has 0 radical (unpaired) electrons. The van der Waals surface area contributed by atoms with Crippen molar-refractivity contribution in [1.82, 2.24) is 14.8 Å². The van der Waals surface area contributed by atoms with Crippen molar-refractivity contribution in [2.45, 2.75) is 31.5 Å². The zero-order valence-corrected chi connectivity index (χ0v) is 21.8. The van der Waals surface area contributed by atoms with Crippen LogP contribution in [-0.2, 0) is 11.4 Å². The molecule has 1 N–H and O–H groups in total. The summed E-state index contributed by atoms with van der Waals surface area (Å²) in [5.74, 6) is 2.37. The molecule has 36 heavy (non-hydrogen) atoms. The molecule has 1 heterocycles. The number of halogens is 1. The minimum atomic E-state index is -0.114. The summed E-state index contributed by atoms with van der Waals surface area (Å²) in [6.07, 6.45) is 0. The zero-order valence-electron chi connectivity index (χ0n) is 20.3. The van der Waals surface area contributed by atoms with E-state index in [4.69, 9.17) is 21.1 Å². The van der Waals surface area contributed by atoms with Gasteiger partial charge in [0.15, 0.2) is 11.0 Å². The van der Waals surface area contributed by atoms with E-state index in [0.717, 1.165) is 22.7 Å². The topological polar surface area (TPSA) is 78.3 Å². The van der Waals surface area contributed by atoms with Crippen LogP contribution >= 0.6 is 23.4 Å². The van der Waals surface area contributed by atoms with Gasteiger partial charge in [-0.15, -0.1) is 10.2 Å². The first kappa shape index (κ1) is 25.6. The van der Waals surface area contributed by atoms with Crippen LogP contribution in [0.4, 0.5) is 5.69 Å². The number of nitrogens with one attached hydrogen (secondary N) is 1. The van der Waals surface area contributed by atoms with E-state index in [9.17, 15) is 4.79 Å². The summed E-state index contributed by atoms with van der Waals surface area (Å²) < 4.78 is 13.1. The van der Waals surface area contributed by atoms with Gasteiger partial charge >= 0.3 is 0 Å². The van der Waals surface area contributed by atoms with Gasteiger partial charge < -0.3 is 14.8 Å². The molecule has 0 fully saturated rings. The lowest BCUT2D eigenvalue weighted by Crippen LogP contribution is -2.16. The molecule has 4 rings (SSSR count). The van der Waals surface area contributed by atoms with Crippen LogP contribution in [0.1, 0.15) is 31.2 Å². The fourth-order valence-electron chi connectivity index (χ4n) is 3.59. The number of hydrogen-bond acceptors (Lipinski definition) is 6. The van der Waals surface area contributed by atoms with Crippen molar-refractivity contribution < 1.29 is 14.3 Å². The highest BCUT2D eigenvalue weighted by Gasteiger charge is 2.17. The number of carbonyl (C=O) groups excluding carboxylic acids is 1. The van der Waals surface area contributed by atoms with E-state index in [1.165, 1.54) is 11.8 Å². The second kappa shape index (κ2) is 12.0. The van der Waals surface area contributed by atoms with Crippen molar-refractivity contribution in [2.75, 3.05) is 18.2 Å². The smallest absolute Gasteiger partial charge is 0.234 e. The van der Waals surface area contributed by atoms with E-state index >= 15 is 0 Å². The molecule has 0 spiro atoms. The van der Waals surface area contributed by atoms with Gasteiger partial charge in [0.1, 0.15) is 18.1 Å². The van der Waals surface area contributed by atoms with E-state index in [2.05, 4.69) is 29.4 Å². The lowest BCUT2D eigenvalue weighted by Gasteiger charge is -2.14. The zero-order chi connectivity index (χ0) is 25.5. The third-order valence-electron chi connectivity index (χ3n) is 5.40. The Bertz CT molecular complexity index is 1310. The molecule has 3 aromatic carbocycles. The van der Waals surface area contributed by atoms with Crippen molar-refractivity contribution in [1.29, 1.82) is 0 Å². The molecule has 4 aromatic rings. The molecule has 1 amide bonds. The number of ether oxygens (including phenoxy) is 2. The molecule has 0 unspecified atom stereocenters. The largest absolute Gasteiger partial charge is 0.497 e. The lowest BCUT2D eigenvalue weighted by atomic mass is 10.0. The number of anilines is 1. The number of aromatic nitrogens is 3.